The average molecular weight is 218 g/mol. The molecule has 0 fully saturated rings. The summed E-state index contributed by atoms with van der Waals surface area (Å²) in [7, 11) is 0. The van der Waals surface area contributed by atoms with Gasteiger partial charge >= 0.3 is 5.51 Å². The van der Waals surface area contributed by atoms with E-state index >= 15 is 0 Å². The molecule has 0 heterocycles. The zero-order valence-electron chi connectivity index (χ0n) is 6.90. The van der Waals surface area contributed by atoms with Gasteiger partial charge in [0.05, 0.1) is 0 Å². The lowest BCUT2D eigenvalue weighted by atomic mass is 10.2. The van der Waals surface area contributed by atoms with Gasteiger partial charge in [-0.2, -0.15) is 25.8 Å². The Hall–Kier alpha value is 0.490. The summed E-state index contributed by atoms with van der Waals surface area (Å²) in [6, 6.07) is 0. The SMILES string of the molecule is CC(CCCCS)SC(F)(F)F. The van der Waals surface area contributed by atoms with Gasteiger partial charge in [0.25, 0.3) is 0 Å². The molecular formula is C7H13F3S2. The van der Waals surface area contributed by atoms with E-state index in [0.29, 0.717) is 6.42 Å². The Morgan fingerprint density at radius 2 is 1.92 bits per heavy atom. The van der Waals surface area contributed by atoms with Gasteiger partial charge in [-0.25, -0.2) is 0 Å². The highest BCUT2D eigenvalue weighted by Crippen LogP contribution is 2.35. The van der Waals surface area contributed by atoms with Crippen LogP contribution in [0.15, 0.2) is 0 Å². The molecule has 0 aliphatic rings. The van der Waals surface area contributed by atoms with Crippen molar-refractivity contribution < 1.29 is 13.2 Å². The zero-order valence-corrected chi connectivity index (χ0v) is 8.61. The van der Waals surface area contributed by atoms with Gasteiger partial charge in [0.2, 0.25) is 0 Å². The first-order valence-corrected chi connectivity index (χ1v) is 5.32. The number of halogens is 3. The Kier molecular flexibility index (Phi) is 6.27. The molecular weight excluding hydrogens is 205 g/mol. The predicted molar refractivity (Wildman–Crippen MR) is 50.8 cm³/mol. The maximum absolute atomic E-state index is 11.8. The van der Waals surface area contributed by atoms with Crippen LogP contribution in [0.1, 0.15) is 26.2 Å². The van der Waals surface area contributed by atoms with Crippen molar-refractivity contribution in [2.24, 2.45) is 0 Å². The van der Waals surface area contributed by atoms with Crippen molar-refractivity contribution >= 4 is 24.4 Å². The molecule has 0 radical (unpaired) electrons. The third-order valence-electron chi connectivity index (χ3n) is 1.35. The van der Waals surface area contributed by atoms with Crippen LogP contribution in [0.25, 0.3) is 0 Å². The van der Waals surface area contributed by atoms with Gasteiger partial charge in [0.1, 0.15) is 0 Å². The van der Waals surface area contributed by atoms with Crippen molar-refractivity contribution in [3.05, 3.63) is 0 Å². The number of hydrogen-bond acceptors (Lipinski definition) is 2. The molecule has 1 unspecified atom stereocenters. The van der Waals surface area contributed by atoms with E-state index in [1.807, 2.05) is 0 Å². The molecule has 0 N–H and O–H groups in total. The molecule has 12 heavy (non-hydrogen) atoms. The standard InChI is InChI=1S/C7H13F3S2/c1-6(4-2-3-5-11)12-7(8,9)10/h6,11H,2-5H2,1H3. The number of thioether (sulfide) groups is 1. The van der Waals surface area contributed by atoms with Crippen molar-refractivity contribution in [2.75, 3.05) is 5.75 Å². The molecule has 0 saturated carbocycles. The number of rotatable bonds is 5. The molecule has 0 saturated heterocycles. The lowest BCUT2D eigenvalue weighted by Crippen LogP contribution is -2.08. The van der Waals surface area contributed by atoms with Crippen molar-refractivity contribution in [1.82, 2.24) is 0 Å². The van der Waals surface area contributed by atoms with Crippen LogP contribution in [0.4, 0.5) is 13.2 Å². The van der Waals surface area contributed by atoms with Crippen molar-refractivity contribution in [3.63, 3.8) is 0 Å². The molecule has 0 nitrogen and oxygen atoms in total. The largest absolute Gasteiger partial charge is 0.442 e. The average Bonchev–Trinajstić information content (AvgIpc) is 1.84. The first-order valence-electron chi connectivity index (χ1n) is 3.81. The van der Waals surface area contributed by atoms with Crippen molar-refractivity contribution in [1.29, 1.82) is 0 Å². The van der Waals surface area contributed by atoms with E-state index in [1.54, 1.807) is 6.92 Å². The highest BCUT2D eigenvalue weighted by Gasteiger charge is 2.30. The van der Waals surface area contributed by atoms with Crippen LogP contribution in [-0.4, -0.2) is 16.5 Å². The van der Waals surface area contributed by atoms with Crippen LogP contribution in [0.3, 0.4) is 0 Å². The Morgan fingerprint density at radius 1 is 1.33 bits per heavy atom. The molecule has 0 aromatic carbocycles. The van der Waals surface area contributed by atoms with Crippen LogP contribution in [0.2, 0.25) is 0 Å². The summed E-state index contributed by atoms with van der Waals surface area (Å²) in [6.45, 7) is 1.61. The number of thiol groups is 1. The molecule has 1 atom stereocenters. The van der Waals surface area contributed by atoms with Crippen LogP contribution in [0.5, 0.6) is 0 Å². The van der Waals surface area contributed by atoms with Crippen LogP contribution >= 0.6 is 24.4 Å². The van der Waals surface area contributed by atoms with Gasteiger partial charge in [-0.3, -0.25) is 0 Å². The smallest absolute Gasteiger partial charge is 0.179 e. The molecule has 0 aliphatic carbocycles. The fraction of sp³-hybridized carbons (Fsp3) is 1.00. The molecule has 0 spiro atoms. The third-order valence-corrected chi connectivity index (χ3v) is 2.58. The molecule has 74 valence electrons. The van der Waals surface area contributed by atoms with Crippen molar-refractivity contribution in [3.8, 4) is 0 Å². The van der Waals surface area contributed by atoms with Crippen LogP contribution in [-0.2, 0) is 0 Å². The maximum Gasteiger partial charge on any atom is 0.442 e. The van der Waals surface area contributed by atoms with E-state index < -0.39 is 5.51 Å². The Morgan fingerprint density at radius 3 is 2.33 bits per heavy atom. The van der Waals surface area contributed by atoms with E-state index in [1.165, 1.54) is 0 Å². The normalized spacial score (nSPS) is 14.8. The second-order valence-corrected chi connectivity index (χ2v) is 4.54. The molecule has 0 amide bonds. The fourth-order valence-corrected chi connectivity index (χ4v) is 1.80. The lowest BCUT2D eigenvalue weighted by molar-refractivity contribution is -0.0333. The summed E-state index contributed by atoms with van der Waals surface area (Å²) in [5, 5.41) is -0.329. The second kappa shape index (κ2) is 6.02. The molecule has 0 aromatic heterocycles. The summed E-state index contributed by atoms with van der Waals surface area (Å²) in [5.41, 5.74) is -4.08. The minimum absolute atomic E-state index is 0.0822. The van der Waals surface area contributed by atoms with E-state index in [2.05, 4.69) is 12.6 Å². The Balaban J connectivity index is 3.40. The highest BCUT2D eigenvalue weighted by atomic mass is 32.2. The number of unbranched alkanes of at least 4 members (excludes halogenated alkanes) is 1. The van der Waals surface area contributed by atoms with E-state index in [9.17, 15) is 13.2 Å². The quantitative estimate of drug-likeness (QED) is 0.542. The zero-order chi connectivity index (χ0) is 9.61. The molecule has 0 aromatic rings. The summed E-state index contributed by atoms with van der Waals surface area (Å²) < 4.78 is 35.3. The highest BCUT2D eigenvalue weighted by molar-refractivity contribution is 8.00. The fourth-order valence-electron chi connectivity index (χ4n) is 0.831. The van der Waals surface area contributed by atoms with Crippen molar-refractivity contribution in [2.45, 2.75) is 36.9 Å². The van der Waals surface area contributed by atoms with Gasteiger partial charge in [-0.05, 0) is 30.4 Å². The van der Waals surface area contributed by atoms with Gasteiger partial charge in [-0.1, -0.05) is 13.3 Å². The summed E-state index contributed by atoms with van der Waals surface area (Å²) >= 11 is 4.06. The first-order chi connectivity index (χ1) is 5.45. The number of alkyl halides is 3. The van der Waals surface area contributed by atoms with Gasteiger partial charge in [0.15, 0.2) is 0 Å². The second-order valence-electron chi connectivity index (χ2n) is 2.59. The van der Waals surface area contributed by atoms with E-state index in [0.717, 1.165) is 18.6 Å². The van der Waals surface area contributed by atoms with Gasteiger partial charge in [0, 0.05) is 5.25 Å². The maximum atomic E-state index is 11.8. The van der Waals surface area contributed by atoms with E-state index in [4.69, 9.17) is 0 Å². The molecule has 0 aliphatic heterocycles. The first kappa shape index (κ1) is 12.5. The monoisotopic (exact) mass is 218 g/mol. The van der Waals surface area contributed by atoms with Gasteiger partial charge < -0.3 is 0 Å². The Bertz CT molecular complexity index is 114. The topological polar surface area (TPSA) is 0 Å². The minimum atomic E-state index is -4.08. The summed E-state index contributed by atoms with van der Waals surface area (Å²) in [6.07, 6.45) is 2.34. The Labute approximate surface area is 80.7 Å². The third kappa shape index (κ3) is 8.59. The van der Waals surface area contributed by atoms with Crippen LogP contribution in [0, 0.1) is 0 Å². The summed E-state index contributed by atoms with van der Waals surface area (Å²) in [4.78, 5) is 0. The summed E-state index contributed by atoms with van der Waals surface area (Å²) in [5.74, 6) is 0.753. The predicted octanol–water partition coefficient (Wildman–Crippen LogP) is 3.73. The van der Waals surface area contributed by atoms with Crippen LogP contribution < -0.4 is 0 Å². The van der Waals surface area contributed by atoms with E-state index in [-0.39, 0.29) is 17.0 Å². The number of hydrogen-bond donors (Lipinski definition) is 1. The minimum Gasteiger partial charge on any atom is -0.179 e. The molecule has 5 heteroatoms. The molecule has 0 rings (SSSR count). The molecule has 0 bridgehead atoms. The van der Waals surface area contributed by atoms with Gasteiger partial charge in [-0.15, -0.1) is 0 Å². The lowest BCUT2D eigenvalue weighted by Gasteiger charge is -2.12.